The van der Waals surface area contributed by atoms with E-state index in [0.29, 0.717) is 44.5 Å². The molecule has 1 aromatic rings. The largest absolute Gasteiger partial charge is 0.350 e. The summed E-state index contributed by atoms with van der Waals surface area (Å²) in [6, 6.07) is 10.5. The number of hydrogen-bond acceptors (Lipinski definition) is 6. The van der Waals surface area contributed by atoms with Gasteiger partial charge in [0.25, 0.3) is 10.2 Å². The monoisotopic (exact) mass is 484 g/mol. The van der Waals surface area contributed by atoms with Gasteiger partial charge in [-0.05, 0) is 43.4 Å². The lowest BCUT2D eigenvalue weighted by Gasteiger charge is -2.41. The molecule has 0 spiro atoms. The van der Waals surface area contributed by atoms with Crippen LogP contribution in [0.15, 0.2) is 24.3 Å². The SMILES string of the molecule is N#Cc1ccc(CNC(=O)[C@H]2CCCN2C(=O)[C@H]2CCCN(S(=O)(=O)N3CC(C#N)C3)C2)cc1. The molecule has 10 nitrogen and oxygen atoms in total. The van der Waals surface area contributed by atoms with Gasteiger partial charge in [-0.2, -0.15) is 27.6 Å². The third kappa shape index (κ3) is 4.92. The molecule has 34 heavy (non-hydrogen) atoms. The molecule has 4 rings (SSSR count). The van der Waals surface area contributed by atoms with Gasteiger partial charge < -0.3 is 10.2 Å². The van der Waals surface area contributed by atoms with Crippen molar-refractivity contribution in [3.8, 4) is 12.1 Å². The summed E-state index contributed by atoms with van der Waals surface area (Å²) in [6.45, 7) is 1.63. The second kappa shape index (κ2) is 10.1. The summed E-state index contributed by atoms with van der Waals surface area (Å²) in [6.07, 6.45) is 2.46. The highest BCUT2D eigenvalue weighted by atomic mass is 32.2. The van der Waals surface area contributed by atoms with Crippen LogP contribution in [0.3, 0.4) is 0 Å². The average Bonchev–Trinajstić information content (AvgIpc) is 3.32. The highest BCUT2D eigenvalue weighted by Gasteiger charge is 2.44. The van der Waals surface area contributed by atoms with Crippen molar-refractivity contribution in [2.24, 2.45) is 11.8 Å². The number of piperidine rings is 1. The molecule has 180 valence electrons. The summed E-state index contributed by atoms with van der Waals surface area (Å²) >= 11 is 0. The molecule has 3 aliphatic rings. The van der Waals surface area contributed by atoms with Gasteiger partial charge in [0, 0.05) is 39.3 Å². The minimum atomic E-state index is -3.69. The van der Waals surface area contributed by atoms with Crippen LogP contribution in [0.4, 0.5) is 0 Å². The first-order chi connectivity index (χ1) is 16.3. The van der Waals surface area contributed by atoms with Crippen LogP contribution in [0, 0.1) is 34.5 Å². The lowest BCUT2D eigenvalue weighted by Crippen LogP contribution is -2.57. The molecule has 0 bridgehead atoms. The molecule has 1 aromatic carbocycles. The zero-order valence-electron chi connectivity index (χ0n) is 18.9. The van der Waals surface area contributed by atoms with Crippen LogP contribution in [-0.2, 0) is 26.3 Å². The topological polar surface area (TPSA) is 138 Å². The minimum Gasteiger partial charge on any atom is -0.350 e. The van der Waals surface area contributed by atoms with Gasteiger partial charge in [0.15, 0.2) is 0 Å². The van der Waals surface area contributed by atoms with E-state index >= 15 is 0 Å². The van der Waals surface area contributed by atoms with Crippen molar-refractivity contribution in [1.29, 1.82) is 10.5 Å². The van der Waals surface area contributed by atoms with E-state index in [2.05, 4.69) is 17.5 Å². The van der Waals surface area contributed by atoms with E-state index in [1.165, 1.54) is 8.61 Å². The predicted molar refractivity (Wildman–Crippen MR) is 122 cm³/mol. The van der Waals surface area contributed by atoms with Crippen LogP contribution in [0.25, 0.3) is 0 Å². The van der Waals surface area contributed by atoms with Crippen molar-refractivity contribution in [3.05, 3.63) is 35.4 Å². The van der Waals surface area contributed by atoms with Crippen molar-refractivity contribution < 1.29 is 18.0 Å². The van der Waals surface area contributed by atoms with Gasteiger partial charge in [-0.3, -0.25) is 9.59 Å². The smallest absolute Gasteiger partial charge is 0.282 e. The van der Waals surface area contributed by atoms with E-state index in [1.807, 2.05) is 0 Å². The standard InChI is InChI=1S/C23H28N6O4S/c24-11-17-5-7-18(8-6-17)13-26-22(30)21-4-2-10-29(21)23(31)20-3-1-9-27(16-20)34(32,33)28-14-19(12-25)15-28/h5-8,19-21H,1-4,9-10,13-16H2,(H,26,30)/t20-,21+/m0/s1. The second-order valence-electron chi connectivity index (χ2n) is 9.06. The fraction of sp³-hybridized carbons (Fsp3) is 0.565. The Hall–Kier alpha value is -2.99. The lowest BCUT2D eigenvalue weighted by atomic mass is 9.97. The van der Waals surface area contributed by atoms with Crippen LogP contribution in [-0.4, -0.2) is 72.5 Å². The molecule has 0 unspecified atom stereocenters. The molecule has 0 aliphatic carbocycles. The molecule has 0 aromatic heterocycles. The third-order valence-corrected chi connectivity index (χ3v) is 8.74. The maximum absolute atomic E-state index is 13.3. The summed E-state index contributed by atoms with van der Waals surface area (Å²) in [7, 11) is -3.69. The quantitative estimate of drug-likeness (QED) is 0.627. The van der Waals surface area contributed by atoms with E-state index < -0.39 is 22.2 Å². The molecule has 2 atom stereocenters. The molecule has 3 fully saturated rings. The molecule has 3 aliphatic heterocycles. The number of amides is 2. The summed E-state index contributed by atoms with van der Waals surface area (Å²) < 4.78 is 28.4. The van der Waals surface area contributed by atoms with Gasteiger partial charge in [0.1, 0.15) is 6.04 Å². The van der Waals surface area contributed by atoms with Crippen molar-refractivity contribution in [2.75, 3.05) is 32.7 Å². The molecular weight excluding hydrogens is 456 g/mol. The molecule has 2 amide bonds. The summed E-state index contributed by atoms with van der Waals surface area (Å²) in [4.78, 5) is 27.8. The van der Waals surface area contributed by atoms with E-state index in [9.17, 15) is 18.0 Å². The number of carbonyl (C=O) groups is 2. The molecule has 0 saturated carbocycles. The second-order valence-corrected chi connectivity index (χ2v) is 11.0. The predicted octanol–water partition coefficient (Wildman–Crippen LogP) is 0.578. The highest BCUT2D eigenvalue weighted by molar-refractivity contribution is 7.86. The van der Waals surface area contributed by atoms with Crippen LogP contribution in [0.2, 0.25) is 0 Å². The highest BCUT2D eigenvalue weighted by Crippen LogP contribution is 2.29. The Kier molecular flexibility index (Phi) is 7.17. The number of benzene rings is 1. The van der Waals surface area contributed by atoms with Crippen LogP contribution in [0.1, 0.15) is 36.8 Å². The fourth-order valence-corrected chi connectivity index (χ4v) is 6.56. The Labute approximate surface area is 199 Å². The molecule has 3 heterocycles. The third-order valence-electron chi connectivity index (χ3n) is 6.80. The Morgan fingerprint density at radius 2 is 1.71 bits per heavy atom. The average molecular weight is 485 g/mol. The normalized spacial score (nSPS) is 24.1. The van der Waals surface area contributed by atoms with Gasteiger partial charge in [0.05, 0.1) is 29.5 Å². The zero-order valence-corrected chi connectivity index (χ0v) is 19.7. The Morgan fingerprint density at radius 1 is 1.00 bits per heavy atom. The Bertz CT molecular complexity index is 1120. The van der Waals surface area contributed by atoms with E-state index in [4.69, 9.17) is 10.5 Å². The number of likely N-dealkylation sites (tertiary alicyclic amines) is 1. The maximum Gasteiger partial charge on any atom is 0.282 e. The van der Waals surface area contributed by atoms with Crippen molar-refractivity contribution in [2.45, 2.75) is 38.3 Å². The first-order valence-electron chi connectivity index (χ1n) is 11.6. The molecule has 1 N–H and O–H groups in total. The van der Waals surface area contributed by atoms with Gasteiger partial charge in [-0.25, -0.2) is 0 Å². The number of rotatable bonds is 6. The number of nitrogens with one attached hydrogen (secondary N) is 1. The van der Waals surface area contributed by atoms with Crippen molar-refractivity contribution >= 4 is 22.0 Å². The lowest BCUT2D eigenvalue weighted by molar-refractivity contribution is -0.142. The van der Waals surface area contributed by atoms with Crippen LogP contribution < -0.4 is 5.32 Å². The molecule has 3 saturated heterocycles. The first-order valence-corrected chi connectivity index (χ1v) is 12.9. The molecular formula is C23H28N6O4S. The number of nitrogens with zero attached hydrogens (tertiary/aromatic N) is 5. The van der Waals surface area contributed by atoms with E-state index in [0.717, 1.165) is 12.0 Å². The Balaban J connectivity index is 1.35. The fourth-order valence-electron chi connectivity index (χ4n) is 4.77. The van der Waals surface area contributed by atoms with Gasteiger partial charge in [0.2, 0.25) is 11.8 Å². The van der Waals surface area contributed by atoms with E-state index in [1.54, 1.807) is 29.2 Å². The van der Waals surface area contributed by atoms with Crippen molar-refractivity contribution in [1.82, 2.24) is 18.8 Å². The summed E-state index contributed by atoms with van der Waals surface area (Å²) in [5.74, 6) is -1.15. The summed E-state index contributed by atoms with van der Waals surface area (Å²) in [5, 5.41) is 20.7. The minimum absolute atomic E-state index is 0.102. The van der Waals surface area contributed by atoms with Gasteiger partial charge >= 0.3 is 0 Å². The molecule has 11 heteroatoms. The number of hydrogen-bond donors (Lipinski definition) is 1. The van der Waals surface area contributed by atoms with Gasteiger partial charge in [-0.1, -0.05) is 12.1 Å². The van der Waals surface area contributed by atoms with Crippen molar-refractivity contribution in [3.63, 3.8) is 0 Å². The number of nitriles is 2. The molecule has 0 radical (unpaired) electrons. The zero-order chi connectivity index (χ0) is 24.3. The number of carbonyl (C=O) groups excluding carboxylic acids is 2. The van der Waals surface area contributed by atoms with Crippen LogP contribution >= 0.6 is 0 Å². The Morgan fingerprint density at radius 3 is 2.38 bits per heavy atom. The first kappa shape index (κ1) is 24.1. The maximum atomic E-state index is 13.3. The van der Waals surface area contributed by atoms with Crippen LogP contribution in [0.5, 0.6) is 0 Å². The van der Waals surface area contributed by atoms with Gasteiger partial charge in [-0.15, -0.1) is 0 Å². The van der Waals surface area contributed by atoms with E-state index in [-0.39, 0.29) is 37.4 Å². The summed E-state index contributed by atoms with van der Waals surface area (Å²) in [5.41, 5.74) is 1.41.